The highest BCUT2D eigenvalue weighted by molar-refractivity contribution is 6.05. The molecule has 0 radical (unpaired) electrons. The highest BCUT2D eigenvalue weighted by Gasteiger charge is 2.36. The van der Waals surface area contributed by atoms with Gasteiger partial charge in [0.05, 0.1) is 10.9 Å². The summed E-state index contributed by atoms with van der Waals surface area (Å²) < 4.78 is 6.29. The molecule has 1 aliphatic heterocycles. The summed E-state index contributed by atoms with van der Waals surface area (Å²) in [6.45, 7) is 2.58. The monoisotopic (exact) mass is 401 g/mol. The second kappa shape index (κ2) is 7.75. The molecule has 4 heteroatoms. The molecule has 4 nitrogen and oxygen atoms in total. The molecule has 3 aromatic rings. The van der Waals surface area contributed by atoms with Gasteiger partial charge in [0.25, 0.3) is 5.91 Å². The van der Waals surface area contributed by atoms with Gasteiger partial charge in [0.2, 0.25) is 0 Å². The van der Waals surface area contributed by atoms with Crippen molar-refractivity contribution in [3.8, 4) is 11.3 Å². The third-order valence-electron chi connectivity index (χ3n) is 6.92. The first-order valence-corrected chi connectivity index (χ1v) is 11.1. The minimum absolute atomic E-state index is 0.00298. The molecule has 5 rings (SSSR count). The molecule has 1 amide bonds. The van der Waals surface area contributed by atoms with Gasteiger partial charge in [-0.25, -0.2) is 0 Å². The van der Waals surface area contributed by atoms with E-state index in [-0.39, 0.29) is 11.3 Å². The lowest BCUT2D eigenvalue weighted by atomic mass is 9.78. The second-order valence-electron chi connectivity index (χ2n) is 8.69. The number of piperidine rings is 1. The average Bonchev–Trinajstić information content (AvgIpc) is 2.80. The third kappa shape index (κ3) is 3.15. The molecule has 2 aliphatic rings. The maximum atomic E-state index is 13.7. The normalized spacial score (nSPS) is 21.4. The van der Waals surface area contributed by atoms with Crippen molar-refractivity contribution in [2.45, 2.75) is 51.5 Å². The van der Waals surface area contributed by atoms with Crippen molar-refractivity contribution >= 4 is 16.9 Å². The lowest BCUT2D eigenvalue weighted by Crippen LogP contribution is -2.49. The summed E-state index contributed by atoms with van der Waals surface area (Å²) in [5.74, 6) is 1.16. The number of carbonyl (C=O) groups excluding carboxylic acids is 1. The van der Waals surface area contributed by atoms with Crippen LogP contribution in [0.3, 0.4) is 0 Å². The molecule has 0 N–H and O–H groups in total. The van der Waals surface area contributed by atoms with Gasteiger partial charge >= 0.3 is 0 Å². The van der Waals surface area contributed by atoms with Crippen molar-refractivity contribution in [2.75, 3.05) is 6.54 Å². The lowest BCUT2D eigenvalue weighted by Gasteiger charge is -2.44. The Kier molecular flexibility index (Phi) is 4.93. The predicted molar refractivity (Wildman–Crippen MR) is 119 cm³/mol. The van der Waals surface area contributed by atoms with Crippen LogP contribution in [0.5, 0.6) is 0 Å². The van der Waals surface area contributed by atoms with E-state index in [2.05, 4.69) is 4.90 Å². The van der Waals surface area contributed by atoms with E-state index in [0.717, 1.165) is 24.9 Å². The van der Waals surface area contributed by atoms with Gasteiger partial charge in [-0.3, -0.25) is 9.59 Å². The highest BCUT2D eigenvalue weighted by Crippen LogP contribution is 2.37. The number of likely N-dealkylation sites (tertiary alicyclic amines) is 1. The Labute approximate surface area is 176 Å². The van der Waals surface area contributed by atoms with Crippen LogP contribution in [0.2, 0.25) is 0 Å². The first-order valence-electron chi connectivity index (χ1n) is 11.1. The summed E-state index contributed by atoms with van der Waals surface area (Å²) in [4.78, 5) is 28.9. The van der Waals surface area contributed by atoms with Crippen LogP contribution >= 0.6 is 0 Å². The van der Waals surface area contributed by atoms with Crippen LogP contribution < -0.4 is 5.43 Å². The van der Waals surface area contributed by atoms with Crippen molar-refractivity contribution in [1.29, 1.82) is 0 Å². The molecule has 1 aromatic heterocycles. The van der Waals surface area contributed by atoms with Crippen LogP contribution in [0, 0.1) is 12.8 Å². The molecule has 2 fully saturated rings. The number of para-hydroxylation sites is 1. The molecule has 1 saturated carbocycles. The fourth-order valence-electron chi connectivity index (χ4n) is 5.37. The minimum atomic E-state index is -0.0704. The van der Waals surface area contributed by atoms with E-state index in [1.54, 1.807) is 19.1 Å². The maximum absolute atomic E-state index is 13.7. The van der Waals surface area contributed by atoms with Gasteiger partial charge in [0, 0.05) is 23.7 Å². The number of rotatable bonds is 2. The molecule has 0 spiro atoms. The van der Waals surface area contributed by atoms with E-state index in [4.69, 9.17) is 4.42 Å². The summed E-state index contributed by atoms with van der Waals surface area (Å²) in [6, 6.07) is 15.3. The molecule has 0 bridgehead atoms. The van der Waals surface area contributed by atoms with Gasteiger partial charge < -0.3 is 9.32 Å². The molecule has 1 aliphatic carbocycles. The Balaban J connectivity index is 1.63. The molecular weight excluding hydrogens is 374 g/mol. The van der Waals surface area contributed by atoms with Gasteiger partial charge in [-0.05, 0) is 50.7 Å². The Morgan fingerprint density at radius 1 is 0.967 bits per heavy atom. The lowest BCUT2D eigenvalue weighted by molar-refractivity contribution is 0.0391. The van der Waals surface area contributed by atoms with Gasteiger partial charge in [0.15, 0.2) is 11.0 Å². The molecular formula is C26H27NO3. The highest BCUT2D eigenvalue weighted by atomic mass is 16.3. The summed E-state index contributed by atoms with van der Waals surface area (Å²) in [5, 5.41) is 0.482. The van der Waals surface area contributed by atoms with E-state index in [1.165, 1.54) is 25.7 Å². The van der Waals surface area contributed by atoms with E-state index < -0.39 is 0 Å². The number of carbonyl (C=O) groups is 1. The number of amides is 1. The van der Waals surface area contributed by atoms with Crippen LogP contribution in [0.15, 0.2) is 57.7 Å². The topological polar surface area (TPSA) is 50.5 Å². The molecule has 2 unspecified atom stereocenters. The quantitative estimate of drug-likeness (QED) is 0.565. The van der Waals surface area contributed by atoms with Crippen molar-refractivity contribution in [1.82, 2.24) is 4.90 Å². The average molecular weight is 402 g/mol. The first kappa shape index (κ1) is 19.1. The van der Waals surface area contributed by atoms with Crippen LogP contribution in [-0.4, -0.2) is 23.4 Å². The van der Waals surface area contributed by atoms with Crippen LogP contribution in [-0.2, 0) is 0 Å². The van der Waals surface area contributed by atoms with E-state index in [0.29, 0.717) is 39.8 Å². The molecule has 2 aromatic carbocycles. The summed E-state index contributed by atoms with van der Waals surface area (Å²) in [7, 11) is 0. The van der Waals surface area contributed by atoms with Crippen LogP contribution in [0.4, 0.5) is 0 Å². The van der Waals surface area contributed by atoms with Crippen molar-refractivity contribution < 1.29 is 9.21 Å². The molecule has 154 valence electrons. The van der Waals surface area contributed by atoms with Crippen molar-refractivity contribution in [3.05, 3.63) is 69.9 Å². The summed E-state index contributed by atoms with van der Waals surface area (Å²) >= 11 is 0. The number of nitrogens with zero attached hydrogens (tertiary/aromatic N) is 1. The third-order valence-corrected chi connectivity index (χ3v) is 6.92. The van der Waals surface area contributed by atoms with Crippen molar-refractivity contribution in [3.63, 3.8) is 0 Å². The zero-order valence-corrected chi connectivity index (χ0v) is 17.4. The van der Waals surface area contributed by atoms with Crippen LogP contribution in [0.25, 0.3) is 22.3 Å². The number of fused-ring (bicyclic) bond motifs is 2. The minimum Gasteiger partial charge on any atom is -0.455 e. The Morgan fingerprint density at radius 2 is 1.73 bits per heavy atom. The second-order valence-corrected chi connectivity index (χ2v) is 8.69. The van der Waals surface area contributed by atoms with Gasteiger partial charge in [0.1, 0.15) is 5.76 Å². The molecule has 1 saturated heterocycles. The van der Waals surface area contributed by atoms with E-state index in [1.807, 2.05) is 36.4 Å². The number of hydrogen-bond acceptors (Lipinski definition) is 3. The van der Waals surface area contributed by atoms with Gasteiger partial charge in [-0.1, -0.05) is 49.2 Å². The fraction of sp³-hybridized carbons (Fsp3) is 0.385. The van der Waals surface area contributed by atoms with E-state index >= 15 is 0 Å². The Hall–Kier alpha value is -2.88. The Morgan fingerprint density at radius 3 is 2.57 bits per heavy atom. The summed E-state index contributed by atoms with van der Waals surface area (Å²) in [5.41, 5.74) is 2.27. The van der Waals surface area contributed by atoms with Gasteiger partial charge in [-0.2, -0.15) is 0 Å². The number of hydrogen-bond donors (Lipinski definition) is 0. The molecule has 30 heavy (non-hydrogen) atoms. The SMILES string of the molecule is Cc1c(-c2ccccc2)oc2c(C(=O)N3CCCC4CCCCC43)cccc2c1=O. The van der Waals surface area contributed by atoms with E-state index in [9.17, 15) is 9.59 Å². The zero-order chi connectivity index (χ0) is 20.7. The fourth-order valence-corrected chi connectivity index (χ4v) is 5.37. The number of benzene rings is 2. The molecule has 2 atom stereocenters. The van der Waals surface area contributed by atoms with Gasteiger partial charge in [-0.15, -0.1) is 0 Å². The largest absolute Gasteiger partial charge is 0.455 e. The Bertz CT molecular complexity index is 1150. The summed E-state index contributed by atoms with van der Waals surface area (Å²) in [6.07, 6.45) is 7.03. The van der Waals surface area contributed by atoms with Crippen LogP contribution in [0.1, 0.15) is 54.4 Å². The maximum Gasteiger partial charge on any atom is 0.257 e. The standard InChI is InChI=1S/C26H27NO3/c1-17-23(28)20-13-7-14-21(25(20)30-24(17)19-10-3-2-4-11-19)26(29)27-16-8-12-18-9-5-6-15-22(18)27/h2-4,7,10-11,13-14,18,22H,5-6,8-9,12,15-16H2,1H3. The predicted octanol–water partition coefficient (Wildman–Crippen LogP) is 5.56. The van der Waals surface area contributed by atoms with Crippen molar-refractivity contribution in [2.24, 2.45) is 5.92 Å². The smallest absolute Gasteiger partial charge is 0.257 e. The zero-order valence-electron chi connectivity index (χ0n) is 17.4. The first-order chi connectivity index (χ1) is 14.6. The molecule has 2 heterocycles.